The number of rotatable bonds is 12. The summed E-state index contributed by atoms with van der Waals surface area (Å²) in [6, 6.07) is -0.782. The number of aliphatic hydroxyl groups excluding tert-OH is 2. The molecule has 0 aromatic carbocycles. The maximum absolute atomic E-state index is 13.2. The molecule has 16 atom stereocenters. The molecule has 2 saturated heterocycles. The van der Waals surface area contributed by atoms with Gasteiger partial charge in [-0.3, -0.25) is 14.4 Å². The van der Waals surface area contributed by atoms with Gasteiger partial charge in [0.15, 0.2) is 18.7 Å². The zero-order valence-corrected chi connectivity index (χ0v) is 36.1. The molecule has 332 valence electrons. The van der Waals surface area contributed by atoms with Gasteiger partial charge in [0, 0.05) is 39.7 Å². The van der Waals surface area contributed by atoms with Crippen LogP contribution in [0.3, 0.4) is 0 Å². The SMILES string of the molecule is COC1C(OC(C)=O)CC(=O)OC(C)C/C=C/C=C\C(O)C(C)CC(CC=O)C1O[C@@H]1O[C@H](C)[C@@H](O[C@H]2C[C@@](C)(O)[C@@H](OC(=O)CC(C)C)[C@H](C)O2)[C@H](N(C)C)[C@H]1O. The van der Waals surface area contributed by atoms with Gasteiger partial charge in [-0.2, -0.15) is 0 Å². The second kappa shape index (κ2) is 22.7. The minimum atomic E-state index is -1.50. The summed E-state index contributed by atoms with van der Waals surface area (Å²) in [7, 11) is 4.86. The van der Waals surface area contributed by atoms with Crippen LogP contribution in [-0.2, 0) is 57.1 Å². The molecule has 7 unspecified atom stereocenters. The number of cyclic esters (lactones) is 1. The van der Waals surface area contributed by atoms with Crippen molar-refractivity contribution in [3.63, 3.8) is 0 Å². The largest absolute Gasteiger partial charge is 0.462 e. The van der Waals surface area contributed by atoms with Crippen LogP contribution in [0.25, 0.3) is 0 Å². The van der Waals surface area contributed by atoms with Crippen molar-refractivity contribution in [2.45, 2.75) is 179 Å². The van der Waals surface area contributed by atoms with Crippen molar-refractivity contribution in [3.8, 4) is 0 Å². The van der Waals surface area contributed by atoms with Gasteiger partial charge in [-0.05, 0) is 66.0 Å². The summed E-state index contributed by atoms with van der Waals surface area (Å²) in [6.07, 6.45) is -4.11. The number of likely N-dealkylation sites (N-methyl/N-ethyl adjacent to an activating group) is 1. The number of carbonyl (C=O) groups excluding carboxylic acids is 4. The second-order valence-corrected chi connectivity index (χ2v) is 17.0. The van der Waals surface area contributed by atoms with Crippen LogP contribution in [0.4, 0.5) is 0 Å². The fourth-order valence-corrected chi connectivity index (χ4v) is 8.08. The average Bonchev–Trinajstić information content (AvgIpc) is 3.09. The minimum Gasteiger partial charge on any atom is -0.462 e. The van der Waals surface area contributed by atoms with Crippen LogP contribution >= 0.6 is 0 Å². The summed E-state index contributed by atoms with van der Waals surface area (Å²) in [5, 5.41) is 34.6. The lowest BCUT2D eigenvalue weighted by Crippen LogP contribution is -2.66. The first-order valence-electron chi connectivity index (χ1n) is 20.4. The van der Waals surface area contributed by atoms with E-state index < -0.39 is 121 Å². The van der Waals surface area contributed by atoms with Gasteiger partial charge in [0.1, 0.15) is 42.4 Å². The van der Waals surface area contributed by atoms with E-state index in [1.165, 1.54) is 14.0 Å². The van der Waals surface area contributed by atoms with E-state index in [4.69, 9.17) is 37.9 Å². The first kappa shape index (κ1) is 49.6. The Morgan fingerprint density at radius 1 is 1.02 bits per heavy atom. The van der Waals surface area contributed by atoms with Gasteiger partial charge in [0.05, 0.1) is 36.9 Å². The topological polar surface area (TPSA) is 206 Å². The Hall–Kier alpha value is -2.80. The summed E-state index contributed by atoms with van der Waals surface area (Å²) in [4.78, 5) is 52.3. The van der Waals surface area contributed by atoms with Gasteiger partial charge in [-0.15, -0.1) is 0 Å². The van der Waals surface area contributed by atoms with Gasteiger partial charge in [-0.1, -0.05) is 45.1 Å². The molecular weight excluding hydrogens is 758 g/mol. The Balaban J connectivity index is 1.98. The Morgan fingerprint density at radius 3 is 2.29 bits per heavy atom. The van der Waals surface area contributed by atoms with E-state index in [0.29, 0.717) is 12.7 Å². The Bertz CT molecular complexity index is 1390. The highest BCUT2D eigenvalue weighted by molar-refractivity contribution is 5.72. The molecule has 0 radical (unpaired) electrons. The Morgan fingerprint density at radius 2 is 1.71 bits per heavy atom. The summed E-state index contributed by atoms with van der Waals surface area (Å²) in [6.45, 7) is 13.5. The summed E-state index contributed by atoms with van der Waals surface area (Å²) in [5.74, 6) is -2.82. The van der Waals surface area contributed by atoms with Gasteiger partial charge < -0.3 is 62.9 Å². The first-order chi connectivity index (χ1) is 27.2. The number of ether oxygens (including phenoxy) is 8. The average molecular weight is 828 g/mol. The number of hydrogen-bond acceptors (Lipinski definition) is 16. The predicted octanol–water partition coefficient (Wildman–Crippen LogP) is 3.01. The van der Waals surface area contributed by atoms with Crippen molar-refractivity contribution >= 4 is 24.2 Å². The monoisotopic (exact) mass is 827 g/mol. The Kier molecular flexibility index (Phi) is 19.4. The van der Waals surface area contributed by atoms with E-state index in [1.807, 2.05) is 20.8 Å². The van der Waals surface area contributed by atoms with Crippen LogP contribution in [0.15, 0.2) is 24.3 Å². The van der Waals surface area contributed by atoms with Gasteiger partial charge in [0.2, 0.25) is 0 Å². The lowest BCUT2D eigenvalue weighted by molar-refractivity contribution is -0.344. The lowest BCUT2D eigenvalue weighted by Gasteiger charge is -2.50. The predicted molar refractivity (Wildman–Crippen MR) is 210 cm³/mol. The van der Waals surface area contributed by atoms with Gasteiger partial charge >= 0.3 is 17.9 Å². The summed E-state index contributed by atoms with van der Waals surface area (Å²) >= 11 is 0. The molecule has 3 aliphatic rings. The molecule has 2 fully saturated rings. The summed E-state index contributed by atoms with van der Waals surface area (Å²) in [5.41, 5.74) is -1.50. The number of allylic oxidation sites excluding steroid dienone is 2. The van der Waals surface area contributed by atoms with Crippen LogP contribution in [0.1, 0.15) is 93.9 Å². The maximum Gasteiger partial charge on any atom is 0.309 e. The highest BCUT2D eigenvalue weighted by atomic mass is 16.7. The number of esters is 3. The molecule has 0 spiro atoms. The van der Waals surface area contributed by atoms with Crippen molar-refractivity contribution in [2.24, 2.45) is 17.8 Å². The second-order valence-electron chi connectivity index (χ2n) is 17.0. The fourth-order valence-electron chi connectivity index (χ4n) is 8.08. The smallest absolute Gasteiger partial charge is 0.309 e. The fraction of sp³-hybridized carbons (Fsp3) is 0.810. The molecule has 0 aromatic heterocycles. The number of methoxy groups -OCH3 is 1. The molecule has 0 aromatic rings. The maximum atomic E-state index is 13.2. The molecule has 0 bridgehead atoms. The van der Waals surface area contributed by atoms with Crippen molar-refractivity contribution in [2.75, 3.05) is 21.2 Å². The zero-order valence-electron chi connectivity index (χ0n) is 36.1. The number of nitrogens with zero attached hydrogens (tertiary/aromatic N) is 1. The molecule has 0 amide bonds. The molecule has 16 nitrogen and oxygen atoms in total. The van der Waals surface area contributed by atoms with Crippen molar-refractivity contribution in [1.82, 2.24) is 4.90 Å². The normalized spacial score (nSPS) is 40.7. The molecule has 0 saturated carbocycles. The van der Waals surface area contributed by atoms with Gasteiger partial charge in [-0.25, -0.2) is 0 Å². The third kappa shape index (κ3) is 14.2. The van der Waals surface area contributed by atoms with Gasteiger partial charge in [0.25, 0.3) is 0 Å². The number of carbonyl (C=O) groups is 4. The zero-order chi connectivity index (χ0) is 43.5. The highest BCUT2D eigenvalue weighted by Gasteiger charge is 2.53. The van der Waals surface area contributed by atoms with Crippen LogP contribution in [0, 0.1) is 17.8 Å². The molecule has 16 heteroatoms. The number of aldehydes is 1. The standard InChI is InChI=1S/C42H69NO15/c1-23(2)19-32(47)56-40-27(6)53-34(22-42(40,8)50)57-37-26(5)54-41(36(49)35(37)43(9)10)58-38-29(17-18-44)20-24(3)30(46)16-14-12-13-15-25(4)52-33(48)21-31(39(38)51-11)55-28(7)45/h12-14,16,18,23-27,29-31,34-41,46,49-50H,15,17,19-22H2,1-11H3/b13-12+,16-14-/t24?,25?,26-,27+,29?,30?,31?,34+,35-,36-,37-,38?,39?,40+,41+,42-/m1/s1. The minimum absolute atomic E-state index is 0.0460. The summed E-state index contributed by atoms with van der Waals surface area (Å²) < 4.78 is 48.6. The lowest BCUT2D eigenvalue weighted by atomic mass is 9.82. The molecule has 3 rings (SSSR count). The number of hydrogen-bond donors (Lipinski definition) is 3. The van der Waals surface area contributed by atoms with Crippen molar-refractivity contribution < 1.29 is 72.4 Å². The van der Waals surface area contributed by atoms with Crippen molar-refractivity contribution in [1.29, 1.82) is 0 Å². The van der Waals surface area contributed by atoms with Crippen molar-refractivity contribution in [3.05, 3.63) is 24.3 Å². The van der Waals surface area contributed by atoms with E-state index in [0.717, 1.165) is 0 Å². The molecule has 3 aliphatic heterocycles. The molecule has 3 heterocycles. The van der Waals surface area contributed by atoms with E-state index in [9.17, 15) is 34.5 Å². The Labute approximate surface area is 343 Å². The first-order valence-corrected chi connectivity index (χ1v) is 20.4. The number of aliphatic hydroxyl groups is 3. The molecule has 58 heavy (non-hydrogen) atoms. The van der Waals surface area contributed by atoms with E-state index >= 15 is 0 Å². The van der Waals surface area contributed by atoms with E-state index in [1.54, 1.807) is 71.0 Å². The molecule has 0 aliphatic carbocycles. The third-order valence-electron chi connectivity index (χ3n) is 10.9. The van der Waals surface area contributed by atoms with Crippen LogP contribution < -0.4 is 0 Å². The molecular formula is C42H69NO15. The van der Waals surface area contributed by atoms with Crippen LogP contribution in [0.2, 0.25) is 0 Å². The highest BCUT2D eigenvalue weighted by Crippen LogP contribution is 2.38. The quantitative estimate of drug-likeness (QED) is 0.147. The third-order valence-corrected chi connectivity index (χ3v) is 10.9. The van der Waals surface area contributed by atoms with E-state index in [2.05, 4.69) is 0 Å². The van der Waals surface area contributed by atoms with Crippen LogP contribution in [0.5, 0.6) is 0 Å². The van der Waals surface area contributed by atoms with E-state index in [-0.39, 0.29) is 31.6 Å². The molecule has 3 N–H and O–H groups in total. The van der Waals surface area contributed by atoms with Crippen LogP contribution in [-0.4, -0.2) is 151 Å².